The third-order valence-corrected chi connectivity index (χ3v) is 5.63. The number of para-hydroxylation sites is 1. The van der Waals surface area contributed by atoms with E-state index in [0.717, 1.165) is 29.3 Å². The molecule has 0 radical (unpaired) electrons. The van der Waals surface area contributed by atoms with E-state index in [1.54, 1.807) is 17.9 Å². The molecule has 6 heteroatoms. The van der Waals surface area contributed by atoms with Crippen LogP contribution in [-0.4, -0.2) is 21.2 Å². The third-order valence-electron chi connectivity index (χ3n) is 5.21. The number of aromatic nitrogens is 3. The summed E-state index contributed by atoms with van der Waals surface area (Å²) in [6, 6.07) is 6.17. The minimum atomic E-state index is -0.0611. The molecule has 0 spiro atoms. The number of nitrogens with zero attached hydrogens (tertiary/aromatic N) is 3. The molecule has 130 valence electrons. The Balaban J connectivity index is 2.24. The Labute approximate surface area is 150 Å². The van der Waals surface area contributed by atoms with Crippen molar-refractivity contribution in [2.75, 3.05) is 7.11 Å². The lowest BCUT2D eigenvalue weighted by atomic mass is 10.1. The zero-order valence-electron chi connectivity index (χ0n) is 14.5. The average Bonchev–Trinajstić information content (AvgIpc) is 3.15. The van der Waals surface area contributed by atoms with E-state index in [0.29, 0.717) is 28.5 Å². The van der Waals surface area contributed by atoms with E-state index in [1.165, 1.54) is 12.8 Å². The van der Waals surface area contributed by atoms with Crippen LogP contribution < -0.4 is 10.3 Å². The Morgan fingerprint density at radius 2 is 2.04 bits per heavy atom. The lowest BCUT2D eigenvalue weighted by molar-refractivity contribution is 0.419. The first-order chi connectivity index (χ1) is 12.2. The number of methoxy groups -OCH3 is 1. The average molecular weight is 355 g/mol. The molecule has 0 aliphatic heterocycles. The number of rotatable bonds is 3. The number of benzene rings is 1. The predicted molar refractivity (Wildman–Crippen MR) is 102 cm³/mol. The van der Waals surface area contributed by atoms with Crippen molar-refractivity contribution in [3.63, 3.8) is 0 Å². The van der Waals surface area contributed by atoms with E-state index in [1.807, 2.05) is 25.1 Å². The highest BCUT2D eigenvalue weighted by Gasteiger charge is 2.23. The SMILES string of the molecule is CCn1c(=O)c2cnc3c(OC)cccc3c2n(C2CCCC2)c1=S. The number of pyridine rings is 1. The lowest BCUT2D eigenvalue weighted by Gasteiger charge is -2.21. The standard InChI is InChI=1S/C19H21N3O2S/c1-3-21-18(23)14-11-20-16-13(9-6-10-15(16)24-2)17(14)22(19(21)25)12-7-4-5-8-12/h6,9-12H,3-5,7-8H2,1-2H3. The van der Waals surface area contributed by atoms with Crippen LogP contribution in [0.5, 0.6) is 5.75 Å². The van der Waals surface area contributed by atoms with Crippen molar-refractivity contribution < 1.29 is 4.74 Å². The van der Waals surface area contributed by atoms with Gasteiger partial charge in [-0.2, -0.15) is 0 Å². The first kappa shape index (κ1) is 16.3. The molecular weight excluding hydrogens is 334 g/mol. The second-order valence-corrected chi connectivity index (χ2v) is 6.88. The van der Waals surface area contributed by atoms with E-state index < -0.39 is 0 Å². The van der Waals surface area contributed by atoms with E-state index >= 15 is 0 Å². The van der Waals surface area contributed by atoms with Crippen LogP contribution in [-0.2, 0) is 6.54 Å². The van der Waals surface area contributed by atoms with Gasteiger partial charge in [-0.1, -0.05) is 25.0 Å². The van der Waals surface area contributed by atoms with Gasteiger partial charge < -0.3 is 9.30 Å². The van der Waals surface area contributed by atoms with Crippen LogP contribution >= 0.6 is 12.2 Å². The Bertz CT molecular complexity index is 1080. The van der Waals surface area contributed by atoms with Crippen LogP contribution in [0.25, 0.3) is 21.8 Å². The maximum absolute atomic E-state index is 13.0. The second-order valence-electron chi connectivity index (χ2n) is 6.52. The minimum absolute atomic E-state index is 0.0611. The largest absolute Gasteiger partial charge is 0.494 e. The lowest BCUT2D eigenvalue weighted by Crippen LogP contribution is -2.26. The fourth-order valence-corrected chi connectivity index (χ4v) is 4.45. The molecule has 0 bridgehead atoms. The predicted octanol–water partition coefficient (Wildman–Crippen LogP) is 4.22. The summed E-state index contributed by atoms with van der Waals surface area (Å²) in [7, 11) is 1.64. The zero-order chi connectivity index (χ0) is 17.6. The maximum atomic E-state index is 13.0. The molecule has 0 unspecified atom stereocenters. The minimum Gasteiger partial charge on any atom is -0.494 e. The van der Waals surface area contributed by atoms with Crippen LogP contribution in [0.1, 0.15) is 38.6 Å². The highest BCUT2D eigenvalue weighted by Crippen LogP contribution is 2.35. The van der Waals surface area contributed by atoms with Gasteiger partial charge in [-0.05, 0) is 38.0 Å². The molecule has 0 atom stereocenters. The van der Waals surface area contributed by atoms with E-state index in [9.17, 15) is 4.79 Å². The highest BCUT2D eigenvalue weighted by atomic mass is 32.1. The van der Waals surface area contributed by atoms with Gasteiger partial charge in [-0.15, -0.1) is 0 Å². The fraction of sp³-hybridized carbons (Fsp3) is 0.421. The summed E-state index contributed by atoms with van der Waals surface area (Å²) >= 11 is 5.74. The molecule has 0 saturated heterocycles. The molecule has 1 aliphatic carbocycles. The molecular formula is C19H21N3O2S. The first-order valence-electron chi connectivity index (χ1n) is 8.78. The van der Waals surface area contributed by atoms with Gasteiger partial charge in [0.2, 0.25) is 0 Å². The molecule has 5 nitrogen and oxygen atoms in total. The molecule has 1 aromatic carbocycles. The maximum Gasteiger partial charge on any atom is 0.263 e. The molecule has 1 aliphatic rings. The van der Waals surface area contributed by atoms with Crippen molar-refractivity contribution in [1.82, 2.24) is 14.1 Å². The van der Waals surface area contributed by atoms with Gasteiger partial charge in [0.25, 0.3) is 5.56 Å². The summed E-state index contributed by atoms with van der Waals surface area (Å²) in [4.78, 5) is 17.5. The smallest absolute Gasteiger partial charge is 0.263 e. The number of hydrogen-bond acceptors (Lipinski definition) is 4. The third kappa shape index (κ3) is 2.39. The van der Waals surface area contributed by atoms with Crippen LogP contribution in [0.4, 0.5) is 0 Å². The van der Waals surface area contributed by atoms with E-state index in [-0.39, 0.29) is 5.56 Å². The number of hydrogen-bond donors (Lipinski definition) is 0. The van der Waals surface area contributed by atoms with Gasteiger partial charge in [0.05, 0.1) is 18.0 Å². The monoisotopic (exact) mass is 355 g/mol. The normalized spacial score (nSPS) is 15.3. The molecule has 3 aromatic rings. The Kier molecular flexibility index (Phi) is 4.07. The summed E-state index contributed by atoms with van der Waals surface area (Å²) in [5.74, 6) is 0.711. The Hall–Kier alpha value is -2.21. The van der Waals surface area contributed by atoms with Crippen LogP contribution in [0.15, 0.2) is 29.2 Å². The molecule has 0 amide bonds. The summed E-state index contributed by atoms with van der Waals surface area (Å²) in [6.07, 6.45) is 6.27. The van der Waals surface area contributed by atoms with Gasteiger partial charge in [0, 0.05) is 24.2 Å². The van der Waals surface area contributed by atoms with Crippen molar-refractivity contribution in [1.29, 1.82) is 0 Å². The van der Waals surface area contributed by atoms with Gasteiger partial charge in [-0.3, -0.25) is 14.3 Å². The highest BCUT2D eigenvalue weighted by molar-refractivity contribution is 7.71. The van der Waals surface area contributed by atoms with E-state index in [2.05, 4.69) is 9.55 Å². The summed E-state index contributed by atoms with van der Waals surface area (Å²) in [5, 5.41) is 1.55. The molecule has 1 fully saturated rings. The van der Waals surface area contributed by atoms with E-state index in [4.69, 9.17) is 17.0 Å². The van der Waals surface area contributed by atoms with Crippen LogP contribution in [0.2, 0.25) is 0 Å². The summed E-state index contributed by atoms with van der Waals surface area (Å²) in [6.45, 7) is 2.52. The molecule has 2 heterocycles. The molecule has 0 N–H and O–H groups in total. The van der Waals surface area contributed by atoms with Gasteiger partial charge in [-0.25, -0.2) is 0 Å². The second kappa shape index (κ2) is 6.26. The topological polar surface area (TPSA) is 49.1 Å². The van der Waals surface area contributed by atoms with Crippen molar-refractivity contribution >= 4 is 34.0 Å². The Morgan fingerprint density at radius 3 is 2.72 bits per heavy atom. The van der Waals surface area contributed by atoms with Crippen molar-refractivity contribution in [3.05, 3.63) is 39.5 Å². The molecule has 2 aromatic heterocycles. The van der Waals surface area contributed by atoms with Crippen molar-refractivity contribution in [3.8, 4) is 5.75 Å². The number of ether oxygens (including phenoxy) is 1. The zero-order valence-corrected chi connectivity index (χ0v) is 15.3. The summed E-state index contributed by atoms with van der Waals surface area (Å²) < 4.78 is 9.96. The number of fused-ring (bicyclic) bond motifs is 3. The summed E-state index contributed by atoms with van der Waals surface area (Å²) in [5.41, 5.74) is 1.61. The fourth-order valence-electron chi connectivity index (χ4n) is 4.00. The Morgan fingerprint density at radius 1 is 1.28 bits per heavy atom. The van der Waals surface area contributed by atoms with Crippen LogP contribution in [0.3, 0.4) is 0 Å². The first-order valence-corrected chi connectivity index (χ1v) is 9.19. The van der Waals surface area contributed by atoms with Gasteiger partial charge >= 0.3 is 0 Å². The molecule has 4 rings (SSSR count). The van der Waals surface area contributed by atoms with Crippen molar-refractivity contribution in [2.24, 2.45) is 0 Å². The quantitative estimate of drug-likeness (QED) is 0.521. The van der Waals surface area contributed by atoms with Crippen molar-refractivity contribution in [2.45, 2.75) is 45.2 Å². The molecule has 1 saturated carbocycles. The van der Waals surface area contributed by atoms with Gasteiger partial charge in [0.15, 0.2) is 4.77 Å². The van der Waals surface area contributed by atoms with Gasteiger partial charge in [0.1, 0.15) is 11.3 Å². The molecule has 25 heavy (non-hydrogen) atoms. The van der Waals surface area contributed by atoms with Crippen LogP contribution in [0, 0.1) is 4.77 Å².